The van der Waals surface area contributed by atoms with Crippen molar-refractivity contribution in [2.24, 2.45) is 0 Å². The van der Waals surface area contributed by atoms with Gasteiger partial charge >= 0.3 is 0 Å². The average Bonchev–Trinajstić information content (AvgIpc) is 2.27. The highest BCUT2D eigenvalue weighted by atomic mass is 16.5. The van der Waals surface area contributed by atoms with Crippen LogP contribution in [-0.2, 0) is 11.3 Å². The number of ether oxygens (including phenoxy) is 1. The number of hydrogen-bond donors (Lipinski definition) is 2. The Kier molecular flexibility index (Phi) is 6.22. The molecule has 0 fully saturated rings. The predicted molar refractivity (Wildman–Crippen MR) is 72.6 cm³/mol. The summed E-state index contributed by atoms with van der Waals surface area (Å²) in [5.74, 6) is 0.898. The Morgan fingerprint density at radius 1 is 1.33 bits per heavy atom. The van der Waals surface area contributed by atoms with E-state index in [1.807, 2.05) is 32.0 Å². The van der Waals surface area contributed by atoms with Gasteiger partial charge in [-0.05, 0) is 31.5 Å². The molecule has 4 nitrogen and oxygen atoms in total. The van der Waals surface area contributed by atoms with Crippen LogP contribution in [0, 0.1) is 0 Å². The van der Waals surface area contributed by atoms with Gasteiger partial charge < -0.3 is 15.4 Å². The molecule has 18 heavy (non-hydrogen) atoms. The standard InChI is InChI=1S/C14H22N2O2/c1-11(2)18-14-6-4-5-13(9-14)10-15-7-8-16-12(3)17/h4-6,9,11,15H,7-8,10H2,1-3H3,(H,16,17). The van der Waals surface area contributed by atoms with Gasteiger partial charge in [-0.1, -0.05) is 12.1 Å². The summed E-state index contributed by atoms with van der Waals surface area (Å²) in [5.41, 5.74) is 1.18. The van der Waals surface area contributed by atoms with Crippen molar-refractivity contribution in [3.8, 4) is 5.75 Å². The van der Waals surface area contributed by atoms with Crippen LogP contribution in [0.3, 0.4) is 0 Å². The third-order valence-corrected chi connectivity index (χ3v) is 2.28. The van der Waals surface area contributed by atoms with E-state index in [2.05, 4.69) is 16.7 Å². The first-order chi connectivity index (χ1) is 8.58. The number of amides is 1. The topological polar surface area (TPSA) is 50.4 Å². The van der Waals surface area contributed by atoms with Crippen LogP contribution < -0.4 is 15.4 Å². The molecule has 0 saturated heterocycles. The lowest BCUT2D eigenvalue weighted by atomic mass is 10.2. The summed E-state index contributed by atoms with van der Waals surface area (Å²) in [4.78, 5) is 10.7. The van der Waals surface area contributed by atoms with Gasteiger partial charge in [0.15, 0.2) is 0 Å². The molecular formula is C14H22N2O2. The molecular weight excluding hydrogens is 228 g/mol. The first kappa shape index (κ1) is 14.5. The Hall–Kier alpha value is -1.55. The molecule has 4 heteroatoms. The lowest BCUT2D eigenvalue weighted by Gasteiger charge is -2.11. The molecule has 0 aromatic heterocycles. The second-order valence-corrected chi connectivity index (χ2v) is 4.47. The molecule has 0 radical (unpaired) electrons. The number of benzene rings is 1. The van der Waals surface area contributed by atoms with Crippen molar-refractivity contribution in [3.63, 3.8) is 0 Å². The van der Waals surface area contributed by atoms with Gasteiger partial charge in [0.05, 0.1) is 6.10 Å². The average molecular weight is 250 g/mol. The fourth-order valence-corrected chi connectivity index (χ4v) is 1.56. The molecule has 0 aliphatic rings. The summed E-state index contributed by atoms with van der Waals surface area (Å²) < 4.78 is 5.63. The summed E-state index contributed by atoms with van der Waals surface area (Å²) in [6.07, 6.45) is 0.188. The largest absolute Gasteiger partial charge is 0.491 e. The van der Waals surface area contributed by atoms with Crippen molar-refractivity contribution >= 4 is 5.91 Å². The van der Waals surface area contributed by atoms with Gasteiger partial charge in [0.2, 0.25) is 5.91 Å². The van der Waals surface area contributed by atoms with Gasteiger partial charge in [-0.3, -0.25) is 4.79 Å². The van der Waals surface area contributed by atoms with E-state index in [-0.39, 0.29) is 12.0 Å². The minimum absolute atomic E-state index is 0.00382. The Bertz CT molecular complexity index is 378. The van der Waals surface area contributed by atoms with Gasteiger partial charge in [0.25, 0.3) is 0 Å². The highest BCUT2D eigenvalue weighted by Crippen LogP contribution is 2.14. The Morgan fingerprint density at radius 3 is 2.78 bits per heavy atom. The van der Waals surface area contributed by atoms with Gasteiger partial charge in [0, 0.05) is 26.6 Å². The minimum atomic E-state index is 0.00382. The summed E-state index contributed by atoms with van der Waals surface area (Å²) in [6, 6.07) is 8.04. The van der Waals surface area contributed by atoms with Gasteiger partial charge in [0.1, 0.15) is 5.75 Å². The Labute approximate surface area is 109 Å². The first-order valence-corrected chi connectivity index (χ1v) is 6.28. The quantitative estimate of drug-likeness (QED) is 0.724. The smallest absolute Gasteiger partial charge is 0.216 e. The van der Waals surface area contributed by atoms with Crippen LogP contribution in [0.15, 0.2) is 24.3 Å². The summed E-state index contributed by atoms with van der Waals surface area (Å²) in [7, 11) is 0. The molecule has 1 aromatic rings. The van der Waals surface area contributed by atoms with E-state index < -0.39 is 0 Å². The van der Waals surface area contributed by atoms with Gasteiger partial charge in [-0.25, -0.2) is 0 Å². The molecule has 0 aliphatic heterocycles. The van der Waals surface area contributed by atoms with E-state index in [4.69, 9.17) is 4.74 Å². The van der Waals surface area contributed by atoms with Crippen LogP contribution in [0.25, 0.3) is 0 Å². The molecule has 1 aromatic carbocycles. The van der Waals surface area contributed by atoms with Gasteiger partial charge in [-0.2, -0.15) is 0 Å². The van der Waals surface area contributed by atoms with E-state index >= 15 is 0 Å². The Balaban J connectivity index is 2.31. The maximum absolute atomic E-state index is 10.7. The number of carbonyl (C=O) groups is 1. The van der Waals surface area contributed by atoms with E-state index in [0.29, 0.717) is 6.54 Å². The molecule has 0 unspecified atom stereocenters. The lowest BCUT2D eigenvalue weighted by Crippen LogP contribution is -2.29. The molecule has 2 N–H and O–H groups in total. The summed E-state index contributed by atoms with van der Waals surface area (Å²) in [5, 5.41) is 6.01. The summed E-state index contributed by atoms with van der Waals surface area (Å²) >= 11 is 0. The predicted octanol–water partition coefficient (Wildman–Crippen LogP) is 1.70. The van der Waals surface area contributed by atoms with Crippen molar-refractivity contribution in [2.45, 2.75) is 33.4 Å². The zero-order valence-electron chi connectivity index (χ0n) is 11.3. The van der Waals surface area contributed by atoms with Crippen molar-refractivity contribution < 1.29 is 9.53 Å². The van der Waals surface area contributed by atoms with Crippen LogP contribution in [-0.4, -0.2) is 25.1 Å². The lowest BCUT2D eigenvalue weighted by molar-refractivity contribution is -0.118. The Morgan fingerprint density at radius 2 is 2.11 bits per heavy atom. The molecule has 0 saturated carbocycles. The van der Waals surface area contributed by atoms with Crippen LogP contribution in [0.2, 0.25) is 0 Å². The maximum atomic E-state index is 10.7. The first-order valence-electron chi connectivity index (χ1n) is 6.28. The zero-order chi connectivity index (χ0) is 13.4. The van der Waals surface area contributed by atoms with Crippen molar-refractivity contribution in [1.82, 2.24) is 10.6 Å². The van der Waals surface area contributed by atoms with E-state index in [1.165, 1.54) is 12.5 Å². The third kappa shape index (κ3) is 6.25. The van der Waals surface area contributed by atoms with Crippen molar-refractivity contribution in [1.29, 1.82) is 0 Å². The minimum Gasteiger partial charge on any atom is -0.491 e. The van der Waals surface area contributed by atoms with Crippen LogP contribution in [0.5, 0.6) is 5.75 Å². The number of carbonyl (C=O) groups excluding carboxylic acids is 1. The second-order valence-electron chi connectivity index (χ2n) is 4.47. The van der Waals surface area contributed by atoms with Crippen molar-refractivity contribution in [2.75, 3.05) is 13.1 Å². The highest BCUT2D eigenvalue weighted by Gasteiger charge is 1.99. The number of hydrogen-bond acceptors (Lipinski definition) is 3. The van der Waals surface area contributed by atoms with Crippen LogP contribution in [0.1, 0.15) is 26.3 Å². The third-order valence-electron chi connectivity index (χ3n) is 2.28. The van der Waals surface area contributed by atoms with E-state index in [1.54, 1.807) is 0 Å². The van der Waals surface area contributed by atoms with E-state index in [0.717, 1.165) is 18.8 Å². The number of rotatable bonds is 7. The van der Waals surface area contributed by atoms with Gasteiger partial charge in [-0.15, -0.1) is 0 Å². The highest BCUT2D eigenvalue weighted by molar-refractivity contribution is 5.72. The molecule has 0 spiro atoms. The molecule has 0 atom stereocenters. The molecule has 0 heterocycles. The molecule has 0 aliphatic carbocycles. The van der Waals surface area contributed by atoms with Crippen LogP contribution >= 0.6 is 0 Å². The van der Waals surface area contributed by atoms with E-state index in [9.17, 15) is 4.79 Å². The summed E-state index contributed by atoms with van der Waals surface area (Å²) in [6.45, 7) is 7.73. The fraction of sp³-hybridized carbons (Fsp3) is 0.500. The molecule has 0 bridgehead atoms. The normalized spacial score (nSPS) is 10.4. The second kappa shape index (κ2) is 7.71. The van der Waals surface area contributed by atoms with Crippen LogP contribution in [0.4, 0.5) is 0 Å². The maximum Gasteiger partial charge on any atom is 0.216 e. The zero-order valence-corrected chi connectivity index (χ0v) is 11.3. The fourth-order valence-electron chi connectivity index (χ4n) is 1.56. The molecule has 1 amide bonds. The number of nitrogens with one attached hydrogen (secondary N) is 2. The molecule has 100 valence electrons. The van der Waals surface area contributed by atoms with Crippen molar-refractivity contribution in [3.05, 3.63) is 29.8 Å². The molecule has 1 rings (SSSR count). The SMILES string of the molecule is CC(=O)NCCNCc1cccc(OC(C)C)c1. The monoisotopic (exact) mass is 250 g/mol.